The monoisotopic (exact) mass is 310 g/mol. The fourth-order valence-corrected chi connectivity index (χ4v) is 2.08. The van der Waals surface area contributed by atoms with E-state index in [2.05, 4.69) is 10.1 Å². The van der Waals surface area contributed by atoms with Crippen LogP contribution in [0.25, 0.3) is 0 Å². The standard InChI is InChI=1S/C15H22N2O5/c1-15(2,3)22-14(19)17-8-11(9-17)16-7-10-5-6-21-12(10)13(18)20-4/h5-6,11,16H,7-9H2,1-4H3. The van der Waals surface area contributed by atoms with Gasteiger partial charge in [0.15, 0.2) is 0 Å². The molecule has 1 aromatic rings. The van der Waals surface area contributed by atoms with Crippen LogP contribution in [-0.4, -0.2) is 48.8 Å². The number of methoxy groups -OCH3 is 1. The lowest BCUT2D eigenvalue weighted by Crippen LogP contribution is -2.60. The number of ether oxygens (including phenoxy) is 2. The quantitative estimate of drug-likeness (QED) is 0.854. The first-order valence-corrected chi connectivity index (χ1v) is 7.16. The van der Waals surface area contributed by atoms with Crippen molar-refractivity contribution in [3.63, 3.8) is 0 Å². The topological polar surface area (TPSA) is 81.0 Å². The Labute approximate surface area is 129 Å². The summed E-state index contributed by atoms with van der Waals surface area (Å²) in [7, 11) is 1.31. The van der Waals surface area contributed by atoms with Crippen LogP contribution in [0.15, 0.2) is 16.7 Å². The number of esters is 1. The SMILES string of the molecule is COC(=O)c1occc1CNC1CN(C(=O)OC(C)(C)C)C1. The van der Waals surface area contributed by atoms with Crippen LogP contribution in [0.1, 0.15) is 36.9 Å². The van der Waals surface area contributed by atoms with Crippen molar-refractivity contribution < 1.29 is 23.5 Å². The van der Waals surface area contributed by atoms with Gasteiger partial charge in [0, 0.05) is 31.2 Å². The minimum absolute atomic E-state index is 0.174. The second kappa shape index (κ2) is 6.39. The first-order chi connectivity index (χ1) is 10.3. The highest BCUT2D eigenvalue weighted by Crippen LogP contribution is 2.17. The van der Waals surface area contributed by atoms with E-state index in [-0.39, 0.29) is 17.9 Å². The van der Waals surface area contributed by atoms with Crippen LogP contribution in [0.2, 0.25) is 0 Å². The first kappa shape index (κ1) is 16.4. The molecule has 0 bridgehead atoms. The third-order valence-electron chi connectivity index (χ3n) is 3.23. The molecule has 0 atom stereocenters. The average Bonchev–Trinajstić information content (AvgIpc) is 2.82. The van der Waals surface area contributed by atoms with E-state index in [1.807, 2.05) is 20.8 Å². The highest BCUT2D eigenvalue weighted by molar-refractivity contribution is 5.87. The maximum atomic E-state index is 11.8. The molecule has 2 heterocycles. The number of hydrogen-bond donors (Lipinski definition) is 1. The summed E-state index contributed by atoms with van der Waals surface area (Å²) in [5.74, 6) is -0.288. The van der Waals surface area contributed by atoms with Gasteiger partial charge in [-0.25, -0.2) is 9.59 Å². The first-order valence-electron chi connectivity index (χ1n) is 7.16. The van der Waals surface area contributed by atoms with Crippen LogP contribution in [0, 0.1) is 0 Å². The zero-order valence-electron chi connectivity index (χ0n) is 13.3. The molecular formula is C15H22N2O5. The van der Waals surface area contributed by atoms with Gasteiger partial charge in [0.05, 0.1) is 13.4 Å². The van der Waals surface area contributed by atoms with Crippen molar-refractivity contribution in [2.45, 2.75) is 39.0 Å². The molecule has 2 rings (SSSR count). The van der Waals surface area contributed by atoms with Crippen LogP contribution < -0.4 is 5.32 Å². The van der Waals surface area contributed by atoms with E-state index in [9.17, 15) is 9.59 Å². The summed E-state index contributed by atoms with van der Waals surface area (Å²) >= 11 is 0. The highest BCUT2D eigenvalue weighted by atomic mass is 16.6. The normalized spacial score (nSPS) is 15.4. The van der Waals surface area contributed by atoms with Gasteiger partial charge >= 0.3 is 12.1 Å². The van der Waals surface area contributed by atoms with E-state index in [1.165, 1.54) is 13.4 Å². The average molecular weight is 310 g/mol. The van der Waals surface area contributed by atoms with Crippen LogP contribution in [-0.2, 0) is 16.0 Å². The number of rotatable bonds is 4. The van der Waals surface area contributed by atoms with Crippen molar-refractivity contribution in [3.05, 3.63) is 23.7 Å². The Morgan fingerprint density at radius 2 is 2.09 bits per heavy atom. The summed E-state index contributed by atoms with van der Waals surface area (Å²) in [6.45, 7) is 7.17. The van der Waals surface area contributed by atoms with Gasteiger partial charge in [-0.2, -0.15) is 0 Å². The number of amides is 1. The summed E-state index contributed by atoms with van der Waals surface area (Å²) in [5, 5.41) is 3.27. The summed E-state index contributed by atoms with van der Waals surface area (Å²) in [4.78, 5) is 24.9. The molecule has 0 radical (unpaired) electrons. The number of nitrogens with one attached hydrogen (secondary N) is 1. The van der Waals surface area contributed by atoms with E-state index in [0.717, 1.165) is 5.56 Å². The summed E-state index contributed by atoms with van der Waals surface area (Å²) in [5.41, 5.74) is 0.254. The van der Waals surface area contributed by atoms with E-state index >= 15 is 0 Å². The summed E-state index contributed by atoms with van der Waals surface area (Å²) < 4.78 is 15.1. The Balaban J connectivity index is 1.76. The van der Waals surface area contributed by atoms with Gasteiger partial charge in [-0.3, -0.25) is 0 Å². The molecule has 1 aliphatic heterocycles. The number of furan rings is 1. The van der Waals surface area contributed by atoms with Crippen molar-refractivity contribution in [3.8, 4) is 0 Å². The van der Waals surface area contributed by atoms with E-state index < -0.39 is 11.6 Å². The molecule has 1 aliphatic rings. The zero-order chi connectivity index (χ0) is 16.3. The fraction of sp³-hybridized carbons (Fsp3) is 0.600. The summed E-state index contributed by atoms with van der Waals surface area (Å²) in [6.07, 6.45) is 1.15. The van der Waals surface area contributed by atoms with Gasteiger partial charge in [0.25, 0.3) is 0 Å². The molecule has 0 aromatic carbocycles. The van der Waals surface area contributed by atoms with E-state index in [0.29, 0.717) is 19.6 Å². The molecule has 1 fully saturated rings. The van der Waals surface area contributed by atoms with Gasteiger partial charge in [-0.15, -0.1) is 0 Å². The minimum atomic E-state index is -0.495. The molecule has 1 amide bonds. The maximum Gasteiger partial charge on any atom is 0.410 e. The number of hydrogen-bond acceptors (Lipinski definition) is 6. The largest absolute Gasteiger partial charge is 0.463 e. The summed E-state index contributed by atoms with van der Waals surface area (Å²) in [6, 6.07) is 1.90. The van der Waals surface area contributed by atoms with Crippen molar-refractivity contribution in [1.82, 2.24) is 10.2 Å². The third-order valence-corrected chi connectivity index (χ3v) is 3.23. The number of nitrogens with zero attached hydrogens (tertiary/aromatic N) is 1. The Bertz CT molecular complexity index is 540. The molecule has 22 heavy (non-hydrogen) atoms. The van der Waals surface area contributed by atoms with Crippen LogP contribution >= 0.6 is 0 Å². The molecule has 1 aromatic heterocycles. The fourth-order valence-electron chi connectivity index (χ4n) is 2.08. The Morgan fingerprint density at radius 1 is 1.41 bits per heavy atom. The molecule has 0 saturated carbocycles. The second-order valence-electron chi connectivity index (χ2n) is 6.23. The predicted octanol–water partition coefficient (Wildman–Crippen LogP) is 1.78. The van der Waals surface area contributed by atoms with Gasteiger partial charge in [0.1, 0.15) is 5.60 Å². The highest BCUT2D eigenvalue weighted by Gasteiger charge is 2.33. The second-order valence-corrected chi connectivity index (χ2v) is 6.23. The van der Waals surface area contributed by atoms with Crippen molar-refractivity contribution in [2.75, 3.05) is 20.2 Å². The smallest absolute Gasteiger partial charge is 0.410 e. The molecule has 0 unspecified atom stereocenters. The van der Waals surface area contributed by atoms with Crippen LogP contribution in [0.5, 0.6) is 0 Å². The molecule has 1 saturated heterocycles. The predicted molar refractivity (Wildman–Crippen MR) is 78.5 cm³/mol. The van der Waals surface area contributed by atoms with E-state index in [4.69, 9.17) is 9.15 Å². The number of carbonyl (C=O) groups excluding carboxylic acids is 2. The van der Waals surface area contributed by atoms with Crippen LogP contribution in [0.3, 0.4) is 0 Å². The van der Waals surface area contributed by atoms with Crippen molar-refractivity contribution >= 4 is 12.1 Å². The number of likely N-dealkylation sites (tertiary alicyclic amines) is 1. The maximum absolute atomic E-state index is 11.8. The number of carbonyl (C=O) groups is 2. The minimum Gasteiger partial charge on any atom is -0.463 e. The van der Waals surface area contributed by atoms with Gasteiger partial charge < -0.3 is 24.1 Å². The molecule has 1 N–H and O–H groups in total. The van der Waals surface area contributed by atoms with E-state index in [1.54, 1.807) is 11.0 Å². The molecular weight excluding hydrogens is 288 g/mol. The Morgan fingerprint density at radius 3 is 2.68 bits per heavy atom. The third kappa shape index (κ3) is 4.00. The molecule has 0 aliphatic carbocycles. The van der Waals surface area contributed by atoms with Crippen LogP contribution in [0.4, 0.5) is 4.79 Å². The van der Waals surface area contributed by atoms with Crippen molar-refractivity contribution in [2.24, 2.45) is 0 Å². The molecule has 7 nitrogen and oxygen atoms in total. The molecule has 0 spiro atoms. The Hall–Kier alpha value is -2.02. The van der Waals surface area contributed by atoms with Gasteiger partial charge in [0.2, 0.25) is 5.76 Å². The zero-order valence-corrected chi connectivity index (χ0v) is 13.3. The molecule has 122 valence electrons. The van der Waals surface area contributed by atoms with Crippen molar-refractivity contribution in [1.29, 1.82) is 0 Å². The molecule has 7 heteroatoms. The van der Waals surface area contributed by atoms with Gasteiger partial charge in [-0.05, 0) is 26.8 Å². The lowest BCUT2D eigenvalue weighted by molar-refractivity contribution is 0.00518. The lowest BCUT2D eigenvalue weighted by atomic mass is 10.1. The van der Waals surface area contributed by atoms with Gasteiger partial charge in [-0.1, -0.05) is 0 Å². The lowest BCUT2D eigenvalue weighted by Gasteiger charge is -2.40. The Kier molecular flexibility index (Phi) is 4.75.